The van der Waals surface area contributed by atoms with Crippen LogP contribution in [0.25, 0.3) is 0 Å². The van der Waals surface area contributed by atoms with Crippen LogP contribution in [-0.4, -0.2) is 16.2 Å². The maximum Gasteiger partial charge on any atom is 0.140 e. The second-order valence-corrected chi connectivity index (χ2v) is 6.49. The van der Waals surface area contributed by atoms with Crippen LogP contribution in [0.4, 0.5) is 4.39 Å². The zero-order chi connectivity index (χ0) is 15.9. The van der Waals surface area contributed by atoms with E-state index in [2.05, 4.69) is 5.32 Å². The number of hydrogen-bond donors (Lipinski definition) is 1. The summed E-state index contributed by atoms with van der Waals surface area (Å²) in [6, 6.07) is 16.0. The summed E-state index contributed by atoms with van der Waals surface area (Å²) in [6.45, 7) is 0.478. The van der Waals surface area contributed by atoms with Gasteiger partial charge in [-0.15, -0.1) is 0 Å². The van der Waals surface area contributed by atoms with Gasteiger partial charge in [0.1, 0.15) is 11.9 Å². The molecule has 0 aliphatic rings. The third-order valence-corrected chi connectivity index (χ3v) is 4.11. The number of nitriles is 1. The fraction of sp³-hybridized carbons (Fsp3) is 0.235. The normalized spacial score (nSPS) is 13.3. The molecule has 2 atom stereocenters. The SMILES string of the molecule is C[S@@](=O)C[C@H](NCc1ccc(F)c(C#N)c1)c1ccccc1. The van der Waals surface area contributed by atoms with Crippen LogP contribution in [0, 0.1) is 17.1 Å². The molecule has 0 unspecified atom stereocenters. The molecular weight excluding hydrogens is 299 g/mol. The molecule has 0 amide bonds. The molecule has 3 nitrogen and oxygen atoms in total. The first-order valence-electron chi connectivity index (χ1n) is 6.87. The molecule has 0 radical (unpaired) electrons. The maximum absolute atomic E-state index is 13.3. The fourth-order valence-electron chi connectivity index (χ4n) is 2.20. The Morgan fingerprint density at radius 2 is 2.00 bits per heavy atom. The summed E-state index contributed by atoms with van der Waals surface area (Å²) < 4.78 is 24.9. The standard InChI is InChI=1S/C17H17FN2OS/c1-22(21)12-17(14-5-3-2-4-6-14)20-11-13-7-8-16(18)15(9-13)10-19/h2-9,17,20H,11-12H2,1H3/t17-,22+/m0/s1. The lowest BCUT2D eigenvalue weighted by Crippen LogP contribution is -2.25. The van der Waals surface area contributed by atoms with Crippen LogP contribution in [0.5, 0.6) is 0 Å². The van der Waals surface area contributed by atoms with Gasteiger partial charge in [-0.1, -0.05) is 36.4 Å². The summed E-state index contributed by atoms with van der Waals surface area (Å²) >= 11 is 0. The van der Waals surface area contributed by atoms with Crippen LogP contribution in [-0.2, 0) is 17.3 Å². The monoisotopic (exact) mass is 316 g/mol. The first-order chi connectivity index (χ1) is 10.6. The zero-order valence-corrected chi connectivity index (χ0v) is 13.1. The second-order valence-electron chi connectivity index (χ2n) is 5.01. The first-order valence-corrected chi connectivity index (χ1v) is 8.59. The molecule has 0 aliphatic heterocycles. The van der Waals surface area contributed by atoms with Crippen molar-refractivity contribution in [3.63, 3.8) is 0 Å². The van der Waals surface area contributed by atoms with Crippen molar-refractivity contribution in [2.75, 3.05) is 12.0 Å². The van der Waals surface area contributed by atoms with E-state index in [4.69, 9.17) is 5.26 Å². The Bertz CT molecular complexity index is 698. The molecule has 2 rings (SSSR count). The van der Waals surface area contributed by atoms with Gasteiger partial charge in [-0.3, -0.25) is 4.21 Å². The summed E-state index contributed by atoms with van der Waals surface area (Å²) in [4.78, 5) is 0. The Hall–Kier alpha value is -2.03. The average Bonchev–Trinajstić information content (AvgIpc) is 2.53. The molecule has 0 spiro atoms. The van der Waals surface area contributed by atoms with Crippen molar-refractivity contribution in [3.8, 4) is 6.07 Å². The lowest BCUT2D eigenvalue weighted by Gasteiger charge is -2.18. The summed E-state index contributed by atoms with van der Waals surface area (Å²) in [5.74, 6) is -0.0171. The second kappa shape index (κ2) is 7.83. The van der Waals surface area contributed by atoms with Crippen LogP contribution in [0.1, 0.15) is 22.7 Å². The Morgan fingerprint density at radius 3 is 2.64 bits per heavy atom. The van der Waals surface area contributed by atoms with E-state index in [9.17, 15) is 8.60 Å². The van der Waals surface area contributed by atoms with Gasteiger partial charge >= 0.3 is 0 Å². The van der Waals surface area contributed by atoms with Crippen LogP contribution in [0.2, 0.25) is 0 Å². The third kappa shape index (κ3) is 4.48. The van der Waals surface area contributed by atoms with E-state index >= 15 is 0 Å². The lowest BCUT2D eigenvalue weighted by atomic mass is 10.1. The van der Waals surface area contributed by atoms with E-state index in [1.54, 1.807) is 12.3 Å². The molecule has 1 N–H and O–H groups in total. The molecule has 22 heavy (non-hydrogen) atoms. The van der Waals surface area contributed by atoms with Crippen LogP contribution < -0.4 is 5.32 Å². The van der Waals surface area contributed by atoms with Gasteiger partial charge in [0.25, 0.3) is 0 Å². The predicted molar refractivity (Wildman–Crippen MR) is 86.1 cm³/mol. The van der Waals surface area contributed by atoms with E-state index in [0.29, 0.717) is 12.3 Å². The lowest BCUT2D eigenvalue weighted by molar-refractivity contribution is 0.572. The van der Waals surface area contributed by atoms with Crippen molar-refractivity contribution >= 4 is 10.8 Å². The van der Waals surface area contributed by atoms with Crippen molar-refractivity contribution in [3.05, 3.63) is 71.0 Å². The molecular formula is C17H17FN2OS. The van der Waals surface area contributed by atoms with Gasteiger partial charge in [0, 0.05) is 35.4 Å². The van der Waals surface area contributed by atoms with Gasteiger partial charge in [0.05, 0.1) is 5.56 Å². The smallest absolute Gasteiger partial charge is 0.140 e. The summed E-state index contributed by atoms with van der Waals surface area (Å²) in [6.07, 6.45) is 1.67. The minimum Gasteiger partial charge on any atom is -0.305 e. The topological polar surface area (TPSA) is 52.9 Å². The molecule has 0 aliphatic carbocycles. The molecule has 2 aromatic rings. The highest BCUT2D eigenvalue weighted by molar-refractivity contribution is 7.84. The van der Waals surface area contributed by atoms with Crippen molar-refractivity contribution in [1.82, 2.24) is 5.32 Å². The van der Waals surface area contributed by atoms with E-state index < -0.39 is 16.6 Å². The molecule has 0 saturated carbocycles. The zero-order valence-electron chi connectivity index (χ0n) is 12.3. The Morgan fingerprint density at radius 1 is 1.27 bits per heavy atom. The molecule has 2 aromatic carbocycles. The first kappa shape index (κ1) is 16.3. The Labute approximate surface area is 132 Å². The van der Waals surface area contributed by atoms with Crippen molar-refractivity contribution in [2.45, 2.75) is 12.6 Å². The molecule has 0 aromatic heterocycles. The summed E-state index contributed by atoms with van der Waals surface area (Å²) in [7, 11) is -0.939. The minimum atomic E-state index is -0.939. The van der Waals surface area contributed by atoms with E-state index in [1.807, 2.05) is 36.4 Å². The Balaban J connectivity index is 2.12. The van der Waals surface area contributed by atoms with Crippen LogP contribution >= 0.6 is 0 Å². The number of halogens is 1. The predicted octanol–water partition coefficient (Wildman–Crippen LogP) is 2.91. The van der Waals surface area contributed by atoms with Gasteiger partial charge < -0.3 is 5.32 Å². The van der Waals surface area contributed by atoms with E-state index in [-0.39, 0.29) is 11.6 Å². The van der Waals surface area contributed by atoms with Crippen molar-refractivity contribution < 1.29 is 8.60 Å². The number of nitrogens with zero attached hydrogens (tertiary/aromatic N) is 1. The quantitative estimate of drug-likeness (QED) is 0.891. The number of nitrogens with one attached hydrogen (secondary N) is 1. The molecule has 0 saturated heterocycles. The van der Waals surface area contributed by atoms with Crippen molar-refractivity contribution in [2.24, 2.45) is 0 Å². The molecule has 5 heteroatoms. The van der Waals surface area contributed by atoms with Gasteiger partial charge in [-0.2, -0.15) is 5.26 Å². The van der Waals surface area contributed by atoms with Crippen molar-refractivity contribution in [1.29, 1.82) is 5.26 Å². The number of rotatable bonds is 6. The minimum absolute atomic E-state index is 0.0367. The highest BCUT2D eigenvalue weighted by Crippen LogP contribution is 2.16. The van der Waals surface area contributed by atoms with Gasteiger partial charge in [0.15, 0.2) is 0 Å². The molecule has 0 fully saturated rings. The largest absolute Gasteiger partial charge is 0.305 e. The number of benzene rings is 2. The number of hydrogen-bond acceptors (Lipinski definition) is 3. The maximum atomic E-state index is 13.3. The van der Waals surface area contributed by atoms with Gasteiger partial charge in [-0.05, 0) is 23.3 Å². The molecule has 0 bridgehead atoms. The van der Waals surface area contributed by atoms with Gasteiger partial charge in [-0.25, -0.2) is 4.39 Å². The van der Waals surface area contributed by atoms with Crippen LogP contribution in [0.15, 0.2) is 48.5 Å². The average molecular weight is 316 g/mol. The molecule has 0 heterocycles. The fourth-order valence-corrected chi connectivity index (χ4v) is 2.98. The Kier molecular flexibility index (Phi) is 5.82. The highest BCUT2D eigenvalue weighted by Gasteiger charge is 2.13. The summed E-state index contributed by atoms with van der Waals surface area (Å²) in [5.41, 5.74) is 1.91. The highest BCUT2D eigenvalue weighted by atomic mass is 32.2. The third-order valence-electron chi connectivity index (χ3n) is 3.31. The van der Waals surface area contributed by atoms with Crippen LogP contribution in [0.3, 0.4) is 0 Å². The van der Waals surface area contributed by atoms with Gasteiger partial charge in [0.2, 0.25) is 0 Å². The van der Waals surface area contributed by atoms with E-state index in [1.165, 1.54) is 12.1 Å². The molecule has 114 valence electrons. The van der Waals surface area contributed by atoms with E-state index in [0.717, 1.165) is 11.1 Å². The summed E-state index contributed by atoms with van der Waals surface area (Å²) in [5, 5.41) is 12.2.